The van der Waals surface area contributed by atoms with Gasteiger partial charge in [-0.25, -0.2) is 0 Å². The predicted octanol–water partition coefficient (Wildman–Crippen LogP) is 2.35. The Labute approximate surface area is 118 Å². The molecule has 0 fully saturated rings. The third kappa shape index (κ3) is 4.10. The Morgan fingerprint density at radius 3 is 2.53 bits per heavy atom. The van der Waals surface area contributed by atoms with Gasteiger partial charge in [0.2, 0.25) is 0 Å². The van der Waals surface area contributed by atoms with Gasteiger partial charge in [0.15, 0.2) is 0 Å². The first-order valence-corrected chi connectivity index (χ1v) is 6.79. The molecule has 1 heterocycles. The van der Waals surface area contributed by atoms with Gasteiger partial charge in [0, 0.05) is 18.0 Å². The van der Waals surface area contributed by atoms with Gasteiger partial charge >= 0.3 is 0 Å². The van der Waals surface area contributed by atoms with Crippen molar-refractivity contribution in [3.8, 4) is 0 Å². The molecule has 0 saturated carbocycles. The molecule has 1 atom stereocenters. The number of hydrogen-bond acceptors (Lipinski definition) is 3. The lowest BCUT2D eigenvalue weighted by Gasteiger charge is -2.16. The van der Waals surface area contributed by atoms with Gasteiger partial charge in [-0.15, -0.1) is 0 Å². The van der Waals surface area contributed by atoms with Crippen LogP contribution in [-0.2, 0) is 6.42 Å². The molecule has 1 aromatic carbocycles. The highest BCUT2D eigenvalue weighted by Crippen LogP contribution is 2.05. The monoisotopic (exact) mass is 272 g/mol. The minimum absolute atomic E-state index is 0.000222. The number of benzene rings is 1. The van der Waals surface area contributed by atoms with E-state index in [0.717, 1.165) is 6.42 Å². The Morgan fingerprint density at radius 2 is 1.89 bits per heavy atom. The maximum Gasteiger partial charge on any atom is 0.270 e. The predicted molar refractivity (Wildman–Crippen MR) is 79.5 cm³/mol. The maximum atomic E-state index is 12.0. The molecular formula is C15H16N2OS. The molecule has 19 heavy (non-hydrogen) atoms. The lowest BCUT2D eigenvalue weighted by Crippen LogP contribution is -2.38. The smallest absolute Gasteiger partial charge is 0.270 e. The molecule has 0 unspecified atom stereocenters. The summed E-state index contributed by atoms with van der Waals surface area (Å²) in [4.78, 5) is 16.0. The number of nitrogens with one attached hydrogen (secondary N) is 1. The number of aromatic nitrogens is 1. The van der Waals surface area contributed by atoms with E-state index in [1.165, 1.54) is 5.56 Å². The summed E-state index contributed by atoms with van der Waals surface area (Å²) >= 11 is 4.30. The molecule has 0 radical (unpaired) electrons. The highest BCUT2D eigenvalue weighted by molar-refractivity contribution is 7.80. The Bertz CT molecular complexity index is 516. The quantitative estimate of drug-likeness (QED) is 0.820. The van der Waals surface area contributed by atoms with Crippen molar-refractivity contribution < 1.29 is 4.79 Å². The number of carbonyl (C=O) groups excluding carboxylic acids is 1. The summed E-state index contributed by atoms with van der Waals surface area (Å²) in [6, 6.07) is 15.3. The van der Waals surface area contributed by atoms with E-state index in [-0.39, 0.29) is 11.9 Å². The fourth-order valence-electron chi connectivity index (χ4n) is 1.82. The topological polar surface area (TPSA) is 42.0 Å². The molecule has 0 aliphatic rings. The molecule has 0 bridgehead atoms. The van der Waals surface area contributed by atoms with E-state index in [9.17, 15) is 4.79 Å². The van der Waals surface area contributed by atoms with Crippen molar-refractivity contribution in [2.45, 2.75) is 12.5 Å². The van der Waals surface area contributed by atoms with Gasteiger partial charge in [0.1, 0.15) is 5.69 Å². The fraction of sp³-hybridized carbons (Fsp3) is 0.200. The minimum Gasteiger partial charge on any atom is -0.347 e. The van der Waals surface area contributed by atoms with E-state index in [4.69, 9.17) is 0 Å². The minimum atomic E-state index is -0.157. The van der Waals surface area contributed by atoms with Crippen LogP contribution >= 0.6 is 12.6 Å². The average Bonchev–Trinajstić information content (AvgIpc) is 2.48. The fourth-order valence-corrected chi connectivity index (χ4v) is 2.04. The van der Waals surface area contributed by atoms with E-state index in [1.54, 1.807) is 24.4 Å². The number of hydrogen-bond donors (Lipinski definition) is 2. The summed E-state index contributed by atoms with van der Waals surface area (Å²) in [5, 5.41) is 2.95. The van der Waals surface area contributed by atoms with E-state index in [0.29, 0.717) is 11.4 Å². The van der Waals surface area contributed by atoms with Gasteiger partial charge < -0.3 is 5.32 Å². The van der Waals surface area contributed by atoms with Crippen LogP contribution in [0.4, 0.5) is 0 Å². The Morgan fingerprint density at radius 1 is 1.16 bits per heavy atom. The number of pyridine rings is 1. The maximum absolute atomic E-state index is 12.0. The van der Waals surface area contributed by atoms with Gasteiger partial charge in [-0.05, 0) is 24.1 Å². The van der Waals surface area contributed by atoms with Crippen molar-refractivity contribution in [1.82, 2.24) is 10.3 Å². The Balaban J connectivity index is 1.98. The molecule has 98 valence electrons. The summed E-state index contributed by atoms with van der Waals surface area (Å²) in [6.07, 6.45) is 2.38. The molecule has 1 aromatic heterocycles. The molecule has 0 aliphatic heterocycles. The van der Waals surface area contributed by atoms with E-state index in [1.807, 2.05) is 30.3 Å². The number of nitrogens with zero attached hydrogens (tertiary/aromatic N) is 1. The van der Waals surface area contributed by atoms with Crippen LogP contribution in [0.3, 0.4) is 0 Å². The molecular weight excluding hydrogens is 256 g/mol. The SMILES string of the molecule is O=C(N[C@@H](CS)Cc1ccccc1)c1ccccn1. The number of carbonyl (C=O) groups is 1. The van der Waals surface area contributed by atoms with E-state index < -0.39 is 0 Å². The van der Waals surface area contributed by atoms with Gasteiger partial charge in [-0.1, -0.05) is 36.4 Å². The second-order valence-corrected chi connectivity index (χ2v) is 4.62. The van der Waals surface area contributed by atoms with Crippen molar-refractivity contribution in [1.29, 1.82) is 0 Å². The van der Waals surface area contributed by atoms with Gasteiger partial charge in [-0.3, -0.25) is 9.78 Å². The molecule has 0 aliphatic carbocycles. The Hall–Kier alpha value is -1.81. The standard InChI is InChI=1S/C15H16N2OS/c18-15(14-8-4-5-9-16-14)17-13(11-19)10-12-6-2-1-3-7-12/h1-9,13,19H,10-11H2,(H,17,18)/t13-/m1/s1. The Kier molecular flexibility index (Phi) is 4.98. The van der Waals surface area contributed by atoms with E-state index in [2.05, 4.69) is 22.9 Å². The van der Waals surface area contributed by atoms with Gasteiger partial charge in [0.05, 0.1) is 0 Å². The zero-order valence-electron chi connectivity index (χ0n) is 10.5. The summed E-state index contributed by atoms with van der Waals surface area (Å²) in [5.41, 5.74) is 1.62. The van der Waals surface area contributed by atoms with Gasteiger partial charge in [0.25, 0.3) is 5.91 Å². The van der Waals surface area contributed by atoms with Crippen LogP contribution in [0, 0.1) is 0 Å². The van der Waals surface area contributed by atoms with Crippen molar-refractivity contribution in [2.24, 2.45) is 0 Å². The third-order valence-electron chi connectivity index (χ3n) is 2.78. The normalized spacial score (nSPS) is 11.8. The van der Waals surface area contributed by atoms with Crippen LogP contribution in [0.25, 0.3) is 0 Å². The summed E-state index contributed by atoms with van der Waals surface area (Å²) in [7, 11) is 0. The third-order valence-corrected chi connectivity index (χ3v) is 3.22. The number of thiol groups is 1. The molecule has 2 rings (SSSR count). The zero-order valence-corrected chi connectivity index (χ0v) is 11.4. The average molecular weight is 272 g/mol. The second kappa shape index (κ2) is 6.95. The first-order chi connectivity index (χ1) is 9.29. The van der Waals surface area contributed by atoms with Crippen LogP contribution in [0.15, 0.2) is 54.7 Å². The summed E-state index contributed by atoms with van der Waals surface area (Å²) in [6.45, 7) is 0. The van der Waals surface area contributed by atoms with Crippen LogP contribution in [0.5, 0.6) is 0 Å². The molecule has 3 nitrogen and oxygen atoms in total. The molecule has 0 saturated heterocycles. The number of rotatable bonds is 5. The van der Waals surface area contributed by atoms with E-state index >= 15 is 0 Å². The molecule has 0 spiro atoms. The molecule has 2 aromatic rings. The van der Waals surface area contributed by atoms with Crippen molar-refractivity contribution in [3.63, 3.8) is 0 Å². The second-order valence-electron chi connectivity index (χ2n) is 4.26. The van der Waals surface area contributed by atoms with Gasteiger partial charge in [-0.2, -0.15) is 12.6 Å². The largest absolute Gasteiger partial charge is 0.347 e. The molecule has 4 heteroatoms. The zero-order chi connectivity index (χ0) is 13.5. The molecule has 1 amide bonds. The van der Waals surface area contributed by atoms with Crippen LogP contribution in [-0.4, -0.2) is 22.7 Å². The summed E-state index contributed by atoms with van der Waals surface area (Å²) < 4.78 is 0. The lowest BCUT2D eigenvalue weighted by atomic mass is 10.1. The first kappa shape index (κ1) is 13.6. The van der Waals surface area contributed by atoms with Crippen LogP contribution in [0.1, 0.15) is 16.1 Å². The van der Waals surface area contributed by atoms with Crippen molar-refractivity contribution >= 4 is 18.5 Å². The summed E-state index contributed by atoms with van der Waals surface area (Å²) in [5.74, 6) is 0.434. The molecule has 1 N–H and O–H groups in total. The van der Waals surface area contributed by atoms with Crippen molar-refractivity contribution in [3.05, 3.63) is 66.0 Å². The van der Waals surface area contributed by atoms with Crippen molar-refractivity contribution in [2.75, 3.05) is 5.75 Å². The van der Waals surface area contributed by atoms with Crippen LogP contribution in [0.2, 0.25) is 0 Å². The van der Waals surface area contributed by atoms with Crippen LogP contribution < -0.4 is 5.32 Å². The first-order valence-electron chi connectivity index (χ1n) is 6.16. The highest BCUT2D eigenvalue weighted by atomic mass is 32.1. The highest BCUT2D eigenvalue weighted by Gasteiger charge is 2.13. The lowest BCUT2D eigenvalue weighted by molar-refractivity contribution is 0.0936. The number of amides is 1.